The second-order valence-corrected chi connectivity index (χ2v) is 13.4. The van der Waals surface area contributed by atoms with Gasteiger partial charge >= 0.3 is 0 Å². The fraction of sp³-hybridized carbons (Fsp3) is 0.425. The molecular formula is C40H54O. The minimum absolute atomic E-state index is 0.0349. The van der Waals surface area contributed by atoms with Gasteiger partial charge < -0.3 is 0 Å². The van der Waals surface area contributed by atoms with Gasteiger partial charge in [-0.1, -0.05) is 152 Å². The third kappa shape index (κ3) is 11.7. The molecule has 0 spiro atoms. The number of carbonyl (C=O) groups excluding carboxylic acids is 1. The quantitative estimate of drug-likeness (QED) is 0.195. The number of hydrogen-bond donors (Lipinski definition) is 0. The van der Waals surface area contributed by atoms with E-state index in [9.17, 15) is 4.79 Å². The van der Waals surface area contributed by atoms with Crippen molar-refractivity contribution in [1.82, 2.24) is 0 Å². The second kappa shape index (κ2) is 15.7. The predicted octanol–water partition coefficient (Wildman–Crippen LogP) is 11.5. The van der Waals surface area contributed by atoms with Gasteiger partial charge in [0.15, 0.2) is 5.78 Å². The van der Waals surface area contributed by atoms with Crippen molar-refractivity contribution in [3.8, 4) is 0 Å². The Morgan fingerprint density at radius 3 is 1.56 bits per heavy atom. The van der Waals surface area contributed by atoms with Crippen LogP contribution in [-0.2, 0) is 4.79 Å². The normalized spacial score (nSPS) is 24.9. The smallest absolute Gasteiger partial charge is 0.156 e. The summed E-state index contributed by atoms with van der Waals surface area (Å²) in [5.74, 6) is 1.06. The fourth-order valence-corrected chi connectivity index (χ4v) is 5.80. The van der Waals surface area contributed by atoms with E-state index in [1.807, 2.05) is 6.08 Å². The summed E-state index contributed by atoms with van der Waals surface area (Å²) < 4.78 is 0. The molecule has 2 aliphatic carbocycles. The zero-order chi connectivity index (χ0) is 30.6. The highest BCUT2D eigenvalue weighted by atomic mass is 16.1. The maximum Gasteiger partial charge on any atom is 0.156 e. The first-order valence-corrected chi connectivity index (χ1v) is 15.2. The van der Waals surface area contributed by atoms with E-state index in [2.05, 4.69) is 160 Å². The summed E-state index contributed by atoms with van der Waals surface area (Å²) in [6.45, 7) is 22.0. The average molecular weight is 551 g/mol. The van der Waals surface area contributed by atoms with Crippen LogP contribution in [0, 0.1) is 22.7 Å². The number of carbonyl (C=O) groups is 1. The molecule has 2 atom stereocenters. The Bertz CT molecular complexity index is 1270. The first-order chi connectivity index (χ1) is 19.2. The standard InChI is InChI=1S/C40H54O/c1-30(18-13-20-32(3)23-25-37-34(5)22-15-27-39(37,7)8)16-11-12-17-31(2)19-14-21-33(4)24-26-38-35(6)28-36(41)29-40(38,9)10/h11-14,16-26,28,37-38H,15,27,29H2,1-10H3/b12-11+,18-13+,19-14+,25-23+,26-24+,30-16+,31-17+,32-20+,33-21+. The molecule has 0 amide bonds. The van der Waals surface area contributed by atoms with Gasteiger partial charge in [-0.05, 0) is 71.3 Å². The summed E-state index contributed by atoms with van der Waals surface area (Å²) in [5.41, 5.74) is 7.82. The molecule has 0 N–H and O–H groups in total. The monoisotopic (exact) mass is 550 g/mol. The van der Waals surface area contributed by atoms with Crippen LogP contribution < -0.4 is 0 Å². The number of rotatable bonds is 10. The lowest BCUT2D eigenvalue weighted by atomic mass is 9.68. The van der Waals surface area contributed by atoms with E-state index in [0.717, 1.165) is 5.57 Å². The van der Waals surface area contributed by atoms with Crippen molar-refractivity contribution >= 4 is 5.78 Å². The Kier molecular flexibility index (Phi) is 13.0. The van der Waals surface area contributed by atoms with E-state index >= 15 is 0 Å². The van der Waals surface area contributed by atoms with Gasteiger partial charge in [0.1, 0.15) is 0 Å². The van der Waals surface area contributed by atoms with Crippen molar-refractivity contribution < 1.29 is 4.79 Å². The largest absolute Gasteiger partial charge is 0.295 e. The summed E-state index contributed by atoms with van der Waals surface area (Å²) in [6.07, 6.45) is 37.6. The van der Waals surface area contributed by atoms with Gasteiger partial charge in [0.25, 0.3) is 0 Å². The molecule has 0 radical (unpaired) electrons. The number of allylic oxidation sites excluding steroid dienone is 22. The van der Waals surface area contributed by atoms with Crippen molar-refractivity contribution in [3.63, 3.8) is 0 Å². The van der Waals surface area contributed by atoms with Crippen LogP contribution in [0.5, 0.6) is 0 Å². The molecule has 0 fully saturated rings. The van der Waals surface area contributed by atoms with E-state index in [0.29, 0.717) is 23.7 Å². The number of hydrogen-bond acceptors (Lipinski definition) is 1. The second-order valence-electron chi connectivity index (χ2n) is 13.4. The molecule has 0 saturated heterocycles. The van der Waals surface area contributed by atoms with Gasteiger partial charge in [0.2, 0.25) is 0 Å². The maximum atomic E-state index is 11.9. The lowest BCUT2D eigenvalue weighted by Gasteiger charge is -2.36. The average Bonchev–Trinajstić information content (AvgIpc) is 2.84. The minimum Gasteiger partial charge on any atom is -0.295 e. The Labute approximate surface area is 252 Å². The predicted molar refractivity (Wildman–Crippen MR) is 182 cm³/mol. The molecule has 0 aliphatic heterocycles. The van der Waals surface area contributed by atoms with Gasteiger partial charge in [-0.3, -0.25) is 4.79 Å². The topological polar surface area (TPSA) is 17.1 Å². The van der Waals surface area contributed by atoms with E-state index in [1.54, 1.807) is 0 Å². The van der Waals surface area contributed by atoms with E-state index in [1.165, 1.54) is 40.7 Å². The van der Waals surface area contributed by atoms with Crippen molar-refractivity contribution in [2.45, 2.75) is 88.5 Å². The third-order valence-electron chi connectivity index (χ3n) is 8.31. The first kappa shape index (κ1) is 34.0. The van der Waals surface area contributed by atoms with Crippen molar-refractivity contribution in [1.29, 1.82) is 0 Å². The molecule has 2 rings (SSSR count). The minimum atomic E-state index is -0.0349. The molecular weight excluding hydrogens is 496 g/mol. The molecule has 0 aromatic carbocycles. The molecule has 1 heteroatoms. The molecule has 0 aromatic rings. The Morgan fingerprint density at radius 2 is 1.10 bits per heavy atom. The van der Waals surface area contributed by atoms with Crippen LogP contribution in [0.2, 0.25) is 0 Å². The molecule has 0 heterocycles. The lowest BCUT2D eigenvalue weighted by molar-refractivity contribution is -0.117. The SMILES string of the molecule is CC1=CCCC(C)(C)C1/C=C/C(C)=C/C=C/C(C)=C/C=C/C=C(C)/C=C/C=C(C)/C=C/C1C(C)=CC(=O)CC1(C)C. The summed E-state index contributed by atoms with van der Waals surface area (Å²) in [4.78, 5) is 11.9. The van der Waals surface area contributed by atoms with Gasteiger partial charge in [0.05, 0.1) is 0 Å². The molecule has 2 unspecified atom stereocenters. The van der Waals surface area contributed by atoms with Gasteiger partial charge in [-0.2, -0.15) is 0 Å². The first-order valence-electron chi connectivity index (χ1n) is 15.2. The highest BCUT2D eigenvalue weighted by molar-refractivity contribution is 5.92. The summed E-state index contributed by atoms with van der Waals surface area (Å²) in [7, 11) is 0. The zero-order valence-corrected chi connectivity index (χ0v) is 27.4. The zero-order valence-electron chi connectivity index (χ0n) is 27.4. The van der Waals surface area contributed by atoms with Crippen LogP contribution in [0.1, 0.15) is 88.5 Å². The van der Waals surface area contributed by atoms with E-state index in [4.69, 9.17) is 0 Å². The van der Waals surface area contributed by atoms with E-state index in [-0.39, 0.29) is 11.2 Å². The molecule has 0 saturated carbocycles. The molecule has 0 bridgehead atoms. The Hall–Kier alpha value is -3.19. The van der Waals surface area contributed by atoms with Crippen LogP contribution in [0.4, 0.5) is 0 Å². The highest BCUT2D eigenvalue weighted by Gasteiger charge is 2.34. The Balaban J connectivity index is 1.88. The van der Waals surface area contributed by atoms with Gasteiger partial charge in [-0.25, -0.2) is 0 Å². The third-order valence-corrected chi connectivity index (χ3v) is 8.31. The van der Waals surface area contributed by atoms with Crippen LogP contribution in [0.25, 0.3) is 0 Å². The molecule has 0 aromatic heterocycles. The summed E-state index contributed by atoms with van der Waals surface area (Å²) >= 11 is 0. The molecule has 2 aliphatic rings. The van der Waals surface area contributed by atoms with Crippen LogP contribution in [-0.4, -0.2) is 5.78 Å². The van der Waals surface area contributed by atoms with Gasteiger partial charge in [-0.15, -0.1) is 0 Å². The van der Waals surface area contributed by atoms with Crippen LogP contribution >= 0.6 is 0 Å². The Morgan fingerprint density at radius 1 is 0.659 bits per heavy atom. The number of ketones is 1. The molecule has 41 heavy (non-hydrogen) atoms. The summed E-state index contributed by atoms with van der Waals surface area (Å²) in [6, 6.07) is 0. The fourth-order valence-electron chi connectivity index (χ4n) is 5.80. The van der Waals surface area contributed by atoms with Crippen molar-refractivity contribution in [2.24, 2.45) is 22.7 Å². The van der Waals surface area contributed by atoms with Crippen molar-refractivity contribution in [3.05, 3.63) is 131 Å². The van der Waals surface area contributed by atoms with E-state index < -0.39 is 0 Å². The summed E-state index contributed by atoms with van der Waals surface area (Å²) in [5, 5.41) is 0. The lowest BCUT2D eigenvalue weighted by Crippen LogP contribution is -2.30. The van der Waals surface area contributed by atoms with Gasteiger partial charge in [0, 0.05) is 18.3 Å². The molecule has 220 valence electrons. The van der Waals surface area contributed by atoms with Crippen LogP contribution in [0.15, 0.2) is 131 Å². The highest BCUT2D eigenvalue weighted by Crippen LogP contribution is 2.42. The maximum absolute atomic E-state index is 11.9. The van der Waals surface area contributed by atoms with Crippen molar-refractivity contribution in [2.75, 3.05) is 0 Å². The van der Waals surface area contributed by atoms with Crippen LogP contribution in [0.3, 0.4) is 0 Å². The molecule has 1 nitrogen and oxygen atoms in total.